The molecule has 1 saturated heterocycles. The summed E-state index contributed by atoms with van der Waals surface area (Å²) in [5, 5.41) is 6.84. The Labute approximate surface area is 204 Å². The number of aromatic nitrogens is 1. The molecule has 180 valence electrons. The number of benzene rings is 2. The molecular weight excluding hydrogens is 440 g/mol. The van der Waals surface area contributed by atoms with Gasteiger partial charge < -0.3 is 20.0 Å². The smallest absolute Gasteiger partial charge is 0.251 e. The van der Waals surface area contributed by atoms with E-state index < -0.39 is 0 Å². The van der Waals surface area contributed by atoms with Crippen LogP contribution in [-0.2, 0) is 4.79 Å². The van der Waals surface area contributed by atoms with Gasteiger partial charge in [-0.05, 0) is 43.0 Å². The topological polar surface area (TPSA) is 87.5 Å². The Balaban J connectivity index is 1.27. The zero-order chi connectivity index (χ0) is 23.8. The first-order valence-electron chi connectivity index (χ1n) is 12.6. The summed E-state index contributed by atoms with van der Waals surface area (Å²) in [4.78, 5) is 33.5. The largest absolute Gasteiger partial charge is 0.451 e. The van der Waals surface area contributed by atoms with Crippen LogP contribution in [0.5, 0.6) is 0 Å². The molecule has 2 N–H and O–H groups in total. The average molecular weight is 471 g/mol. The lowest BCUT2D eigenvalue weighted by molar-refractivity contribution is -0.138. The van der Waals surface area contributed by atoms with Crippen LogP contribution in [0.2, 0.25) is 0 Å². The molecule has 7 nitrogen and oxygen atoms in total. The maximum absolute atomic E-state index is 14.1. The van der Waals surface area contributed by atoms with Crippen LogP contribution in [0.25, 0.3) is 0 Å². The lowest BCUT2D eigenvalue weighted by atomic mass is 9.80. The number of para-hydroxylation sites is 1. The highest BCUT2D eigenvalue weighted by Gasteiger charge is 2.49. The van der Waals surface area contributed by atoms with Crippen molar-refractivity contribution in [2.45, 2.75) is 50.2 Å². The van der Waals surface area contributed by atoms with E-state index in [1.54, 1.807) is 6.26 Å². The van der Waals surface area contributed by atoms with E-state index in [1.165, 1.54) is 6.39 Å². The van der Waals surface area contributed by atoms with Crippen molar-refractivity contribution in [2.75, 3.05) is 11.9 Å². The first kappa shape index (κ1) is 21.9. The maximum atomic E-state index is 14.1. The van der Waals surface area contributed by atoms with Gasteiger partial charge >= 0.3 is 0 Å². The number of anilines is 1. The van der Waals surface area contributed by atoms with E-state index in [2.05, 4.69) is 32.7 Å². The molecule has 0 spiro atoms. The van der Waals surface area contributed by atoms with Gasteiger partial charge in [-0.25, -0.2) is 4.98 Å². The van der Waals surface area contributed by atoms with Crippen LogP contribution in [0.1, 0.15) is 65.8 Å². The summed E-state index contributed by atoms with van der Waals surface area (Å²) in [6.45, 7) is 0.703. The van der Waals surface area contributed by atoms with E-state index in [4.69, 9.17) is 4.42 Å². The zero-order valence-electron chi connectivity index (χ0n) is 19.6. The fraction of sp³-hybridized carbons (Fsp3) is 0.393. The highest BCUT2D eigenvalue weighted by Crippen LogP contribution is 2.51. The molecule has 3 aromatic rings. The van der Waals surface area contributed by atoms with Crippen LogP contribution in [0.4, 0.5) is 5.69 Å². The fourth-order valence-corrected chi connectivity index (χ4v) is 6.29. The minimum atomic E-state index is -0.206. The number of carbonyl (C=O) groups excluding carboxylic acids is 2. The first-order chi connectivity index (χ1) is 17.2. The average Bonchev–Trinajstić information content (AvgIpc) is 3.60. The molecule has 2 aliphatic heterocycles. The highest BCUT2D eigenvalue weighted by atomic mass is 16.3. The molecule has 0 bridgehead atoms. The Morgan fingerprint density at radius 2 is 1.80 bits per heavy atom. The number of likely N-dealkylation sites (tertiary alicyclic amines) is 1. The molecule has 5 atom stereocenters. The Kier molecular flexibility index (Phi) is 5.76. The number of fused-ring (bicyclic) bond motifs is 3. The predicted octanol–water partition coefficient (Wildman–Crippen LogP) is 4.72. The van der Waals surface area contributed by atoms with Crippen LogP contribution >= 0.6 is 0 Å². The van der Waals surface area contributed by atoms with Crippen LogP contribution in [-0.4, -0.2) is 34.3 Å². The van der Waals surface area contributed by atoms with Gasteiger partial charge in [0.15, 0.2) is 6.39 Å². The molecule has 0 radical (unpaired) electrons. The summed E-state index contributed by atoms with van der Waals surface area (Å²) in [6, 6.07) is 17.3. The number of nitrogens with one attached hydrogen (secondary N) is 2. The van der Waals surface area contributed by atoms with Crippen LogP contribution in [0.15, 0.2) is 71.7 Å². The molecular formula is C28H30N4O3. The van der Waals surface area contributed by atoms with Crippen molar-refractivity contribution in [2.24, 2.45) is 11.8 Å². The van der Waals surface area contributed by atoms with Crippen LogP contribution < -0.4 is 10.6 Å². The van der Waals surface area contributed by atoms with Gasteiger partial charge in [0, 0.05) is 29.8 Å². The van der Waals surface area contributed by atoms with Crippen molar-refractivity contribution in [3.8, 4) is 0 Å². The standard InChI is InChI=1S/C28H30N4O3/c33-27(18-8-2-1-3-9-18)31-23-13-7-5-11-20(23)28(34)32-15-14-21-25(24-16-35-17-29-24)30-22-12-6-4-10-19(22)26(21)32/h1-4,6,8-10,12,16-17,20-21,23,25-26,30H,5,7,11,13-15H2,(H,31,33)/t20-,21-,23+,25+,26-/m0/s1. The van der Waals surface area contributed by atoms with Crippen molar-refractivity contribution in [3.05, 3.63) is 84.1 Å². The van der Waals surface area contributed by atoms with Gasteiger partial charge in [-0.2, -0.15) is 0 Å². The lowest BCUT2D eigenvalue weighted by Gasteiger charge is -2.41. The first-order valence-corrected chi connectivity index (χ1v) is 12.6. The van der Waals surface area contributed by atoms with Gasteiger partial charge in [0.05, 0.1) is 18.0 Å². The SMILES string of the molecule is O=C(N[C@@H]1CCCC[C@@H]1C(=O)N1CC[C@H]2[C@H](c3cocn3)Nc3ccccc3[C@@H]21)c1ccccc1. The van der Waals surface area contributed by atoms with Crippen molar-refractivity contribution in [1.29, 1.82) is 0 Å². The Hall–Kier alpha value is -3.61. The van der Waals surface area contributed by atoms with Crippen molar-refractivity contribution in [1.82, 2.24) is 15.2 Å². The quantitative estimate of drug-likeness (QED) is 0.576. The number of hydrogen-bond acceptors (Lipinski definition) is 5. The summed E-state index contributed by atoms with van der Waals surface area (Å²) in [7, 11) is 0. The van der Waals surface area contributed by atoms with E-state index in [1.807, 2.05) is 42.5 Å². The van der Waals surface area contributed by atoms with E-state index in [9.17, 15) is 9.59 Å². The molecule has 6 rings (SSSR count). The second-order valence-corrected chi connectivity index (χ2v) is 9.89. The Bertz CT molecular complexity index is 1200. The highest BCUT2D eigenvalue weighted by molar-refractivity contribution is 5.94. The van der Waals surface area contributed by atoms with Gasteiger partial charge in [-0.3, -0.25) is 9.59 Å². The molecule has 2 fully saturated rings. The molecule has 1 saturated carbocycles. The minimum Gasteiger partial charge on any atom is -0.451 e. The number of rotatable bonds is 4. The molecule has 3 aliphatic rings. The molecule has 2 aromatic carbocycles. The minimum absolute atomic E-state index is 0.00798. The number of oxazole rings is 1. The van der Waals surface area contributed by atoms with E-state index >= 15 is 0 Å². The number of carbonyl (C=O) groups is 2. The second-order valence-electron chi connectivity index (χ2n) is 9.89. The van der Waals surface area contributed by atoms with Crippen LogP contribution in [0, 0.1) is 11.8 Å². The normalized spacial score (nSPS) is 27.4. The van der Waals surface area contributed by atoms with E-state index in [0.717, 1.165) is 49.0 Å². The third-order valence-corrected chi connectivity index (χ3v) is 7.95. The summed E-state index contributed by atoms with van der Waals surface area (Å²) in [6.07, 6.45) is 7.72. The van der Waals surface area contributed by atoms with Gasteiger partial charge in [0.2, 0.25) is 5.91 Å². The molecule has 3 heterocycles. The van der Waals surface area contributed by atoms with Crippen molar-refractivity contribution < 1.29 is 14.0 Å². The van der Waals surface area contributed by atoms with Gasteiger partial charge in [0.1, 0.15) is 12.0 Å². The van der Waals surface area contributed by atoms with Gasteiger partial charge in [0.25, 0.3) is 5.91 Å². The molecule has 1 aromatic heterocycles. The molecule has 35 heavy (non-hydrogen) atoms. The molecule has 7 heteroatoms. The molecule has 0 unspecified atom stereocenters. The number of nitrogens with zero attached hydrogens (tertiary/aromatic N) is 2. The predicted molar refractivity (Wildman–Crippen MR) is 132 cm³/mol. The van der Waals surface area contributed by atoms with E-state index in [-0.39, 0.29) is 41.8 Å². The Morgan fingerprint density at radius 3 is 2.63 bits per heavy atom. The molecule has 2 amide bonds. The Morgan fingerprint density at radius 1 is 1.00 bits per heavy atom. The van der Waals surface area contributed by atoms with E-state index in [0.29, 0.717) is 12.1 Å². The monoisotopic (exact) mass is 470 g/mol. The van der Waals surface area contributed by atoms with Crippen molar-refractivity contribution >= 4 is 17.5 Å². The van der Waals surface area contributed by atoms with Gasteiger partial charge in [-0.1, -0.05) is 49.2 Å². The zero-order valence-corrected chi connectivity index (χ0v) is 19.6. The summed E-state index contributed by atoms with van der Waals surface area (Å²) in [5.74, 6) is 0.0571. The van der Waals surface area contributed by atoms with Crippen LogP contribution in [0.3, 0.4) is 0 Å². The maximum Gasteiger partial charge on any atom is 0.251 e. The molecule has 1 aliphatic carbocycles. The third kappa shape index (κ3) is 3.99. The fourth-order valence-electron chi connectivity index (χ4n) is 6.29. The number of amides is 2. The summed E-state index contributed by atoms with van der Waals surface area (Å²) in [5.41, 5.74) is 3.70. The third-order valence-electron chi connectivity index (χ3n) is 7.95. The van der Waals surface area contributed by atoms with Crippen molar-refractivity contribution in [3.63, 3.8) is 0 Å². The number of hydrogen-bond donors (Lipinski definition) is 2. The summed E-state index contributed by atoms with van der Waals surface area (Å²) >= 11 is 0. The van der Waals surface area contributed by atoms with Gasteiger partial charge in [-0.15, -0.1) is 0 Å². The second kappa shape index (κ2) is 9.21. The summed E-state index contributed by atoms with van der Waals surface area (Å²) < 4.78 is 5.29. The lowest BCUT2D eigenvalue weighted by Crippen LogP contribution is -2.50.